The van der Waals surface area contributed by atoms with Gasteiger partial charge in [0.05, 0.1) is 17.6 Å². The number of anilines is 3. The Morgan fingerprint density at radius 1 is 1.16 bits per heavy atom. The first kappa shape index (κ1) is 17.3. The predicted octanol–water partition coefficient (Wildman–Crippen LogP) is 3.83. The number of aliphatic hydroxyl groups is 1. The molecule has 0 unspecified atom stereocenters. The van der Waals surface area contributed by atoms with Crippen molar-refractivity contribution in [3.63, 3.8) is 0 Å². The molecule has 2 aromatic carbocycles. The molecule has 3 N–H and O–H groups in total. The van der Waals surface area contributed by atoms with Gasteiger partial charge < -0.3 is 20.5 Å². The van der Waals surface area contributed by atoms with E-state index in [1.54, 1.807) is 19.2 Å². The number of para-hydroxylation sites is 1. The maximum atomic E-state index is 8.97. The van der Waals surface area contributed by atoms with Gasteiger partial charge in [0.15, 0.2) is 0 Å². The van der Waals surface area contributed by atoms with Gasteiger partial charge in [0.1, 0.15) is 11.6 Å². The van der Waals surface area contributed by atoms with Gasteiger partial charge in [-0.15, -0.1) is 0 Å². The summed E-state index contributed by atoms with van der Waals surface area (Å²) in [6.45, 7) is 0.761. The molecule has 3 rings (SSSR count). The Kier molecular flexibility index (Phi) is 5.53. The molecule has 0 saturated carbocycles. The van der Waals surface area contributed by atoms with Crippen LogP contribution in [0, 0.1) is 0 Å². The molecule has 0 spiro atoms. The third-order valence-corrected chi connectivity index (χ3v) is 3.93. The van der Waals surface area contributed by atoms with E-state index in [2.05, 4.69) is 20.6 Å². The first-order valence-electron chi connectivity index (χ1n) is 7.93. The lowest BCUT2D eigenvalue weighted by Gasteiger charge is -2.12. The standard InChI is InChI=1S/C18H19ClN4O2/c1-25-16-8-7-12(11-14(16)19)21-18-22-15-6-3-2-5-13(15)17(23-18)20-9-4-10-24/h2-3,5-8,11,24H,4,9-10H2,1H3,(H2,20,21,22,23). The van der Waals surface area contributed by atoms with E-state index in [9.17, 15) is 0 Å². The van der Waals surface area contributed by atoms with Gasteiger partial charge >= 0.3 is 0 Å². The third kappa shape index (κ3) is 4.10. The first-order valence-corrected chi connectivity index (χ1v) is 8.31. The highest BCUT2D eigenvalue weighted by molar-refractivity contribution is 6.32. The Hall–Kier alpha value is -2.57. The van der Waals surface area contributed by atoms with Crippen molar-refractivity contribution in [1.29, 1.82) is 0 Å². The molecule has 6 nitrogen and oxygen atoms in total. The molecule has 0 bridgehead atoms. The van der Waals surface area contributed by atoms with Crippen LogP contribution in [-0.4, -0.2) is 35.3 Å². The zero-order valence-electron chi connectivity index (χ0n) is 13.8. The van der Waals surface area contributed by atoms with Crippen molar-refractivity contribution in [3.05, 3.63) is 47.5 Å². The monoisotopic (exact) mass is 358 g/mol. The fourth-order valence-corrected chi connectivity index (χ4v) is 2.68. The molecule has 0 fully saturated rings. The number of halogens is 1. The molecular formula is C18H19ClN4O2. The molecule has 130 valence electrons. The number of aromatic nitrogens is 2. The van der Waals surface area contributed by atoms with Crippen LogP contribution in [0.4, 0.5) is 17.5 Å². The van der Waals surface area contributed by atoms with E-state index in [-0.39, 0.29) is 6.61 Å². The summed E-state index contributed by atoms with van der Waals surface area (Å²) in [5.74, 6) is 1.80. The van der Waals surface area contributed by atoms with Gasteiger partial charge in [-0.3, -0.25) is 0 Å². The summed E-state index contributed by atoms with van der Waals surface area (Å²) in [6, 6.07) is 13.2. The Labute approximate surface area is 150 Å². The molecule has 25 heavy (non-hydrogen) atoms. The summed E-state index contributed by atoms with van der Waals surface area (Å²) in [5, 5.41) is 16.8. The molecule has 3 aromatic rings. The van der Waals surface area contributed by atoms with Crippen LogP contribution in [0.25, 0.3) is 10.9 Å². The number of fused-ring (bicyclic) bond motifs is 1. The van der Waals surface area contributed by atoms with Crippen LogP contribution < -0.4 is 15.4 Å². The second-order valence-corrected chi connectivity index (χ2v) is 5.80. The summed E-state index contributed by atoms with van der Waals surface area (Å²) in [6.07, 6.45) is 0.648. The molecule has 0 radical (unpaired) electrons. The minimum absolute atomic E-state index is 0.130. The normalized spacial score (nSPS) is 10.7. The Morgan fingerprint density at radius 2 is 2.00 bits per heavy atom. The number of nitrogens with one attached hydrogen (secondary N) is 2. The highest BCUT2D eigenvalue weighted by Gasteiger charge is 2.09. The number of methoxy groups -OCH3 is 1. The maximum absolute atomic E-state index is 8.97. The molecular weight excluding hydrogens is 340 g/mol. The Bertz CT molecular complexity index is 873. The molecule has 0 saturated heterocycles. The number of benzene rings is 2. The summed E-state index contributed by atoms with van der Waals surface area (Å²) in [5.41, 5.74) is 1.59. The van der Waals surface area contributed by atoms with Gasteiger partial charge in [-0.1, -0.05) is 23.7 Å². The lowest BCUT2D eigenvalue weighted by molar-refractivity contribution is 0.292. The van der Waals surface area contributed by atoms with E-state index in [0.29, 0.717) is 29.7 Å². The molecule has 0 aliphatic rings. The van der Waals surface area contributed by atoms with Crippen LogP contribution in [0.3, 0.4) is 0 Å². The number of ether oxygens (including phenoxy) is 1. The van der Waals surface area contributed by atoms with Gasteiger partial charge in [0, 0.05) is 24.2 Å². The number of hydrogen-bond acceptors (Lipinski definition) is 6. The van der Waals surface area contributed by atoms with Crippen molar-refractivity contribution in [1.82, 2.24) is 9.97 Å². The zero-order chi connectivity index (χ0) is 17.6. The molecule has 0 amide bonds. The third-order valence-electron chi connectivity index (χ3n) is 3.64. The molecule has 0 aliphatic heterocycles. The lowest BCUT2D eigenvalue weighted by Crippen LogP contribution is -2.08. The highest BCUT2D eigenvalue weighted by Crippen LogP contribution is 2.29. The maximum Gasteiger partial charge on any atom is 0.229 e. The molecule has 1 aromatic heterocycles. The van der Waals surface area contributed by atoms with Crippen molar-refractivity contribution in [2.24, 2.45) is 0 Å². The van der Waals surface area contributed by atoms with E-state index in [1.807, 2.05) is 30.3 Å². The molecule has 1 heterocycles. The van der Waals surface area contributed by atoms with E-state index >= 15 is 0 Å². The van der Waals surface area contributed by atoms with Crippen molar-refractivity contribution in [3.8, 4) is 5.75 Å². The predicted molar refractivity (Wildman–Crippen MR) is 101 cm³/mol. The second kappa shape index (κ2) is 8.00. The molecule has 7 heteroatoms. The van der Waals surface area contributed by atoms with Gasteiger partial charge in [0.25, 0.3) is 0 Å². The van der Waals surface area contributed by atoms with Crippen molar-refractivity contribution in [2.75, 3.05) is 30.9 Å². The van der Waals surface area contributed by atoms with Crippen LogP contribution in [0.5, 0.6) is 5.75 Å². The molecule has 0 atom stereocenters. The van der Waals surface area contributed by atoms with E-state index in [4.69, 9.17) is 21.4 Å². The van der Waals surface area contributed by atoms with Crippen molar-refractivity contribution < 1.29 is 9.84 Å². The summed E-state index contributed by atoms with van der Waals surface area (Å²) < 4.78 is 5.16. The lowest BCUT2D eigenvalue weighted by atomic mass is 10.2. The number of rotatable bonds is 7. The van der Waals surface area contributed by atoms with Crippen molar-refractivity contribution >= 4 is 40.0 Å². The minimum atomic E-state index is 0.130. The fourth-order valence-electron chi connectivity index (χ4n) is 2.43. The summed E-state index contributed by atoms with van der Waals surface area (Å²) in [7, 11) is 1.57. The van der Waals surface area contributed by atoms with Crippen LogP contribution in [0.2, 0.25) is 5.02 Å². The first-order chi connectivity index (χ1) is 12.2. The number of aliphatic hydroxyl groups excluding tert-OH is 1. The summed E-state index contributed by atoms with van der Waals surface area (Å²) in [4.78, 5) is 9.10. The average Bonchev–Trinajstić information content (AvgIpc) is 2.62. The highest BCUT2D eigenvalue weighted by atomic mass is 35.5. The van der Waals surface area contributed by atoms with E-state index in [1.165, 1.54) is 0 Å². The van der Waals surface area contributed by atoms with Gasteiger partial charge in [-0.25, -0.2) is 4.98 Å². The van der Waals surface area contributed by atoms with E-state index < -0.39 is 0 Å². The van der Waals surface area contributed by atoms with Gasteiger partial charge in [-0.2, -0.15) is 4.98 Å². The SMILES string of the molecule is COc1ccc(Nc2nc(NCCCO)c3ccccc3n2)cc1Cl. The van der Waals surface area contributed by atoms with Crippen LogP contribution >= 0.6 is 11.6 Å². The zero-order valence-corrected chi connectivity index (χ0v) is 14.5. The quantitative estimate of drug-likeness (QED) is 0.557. The minimum Gasteiger partial charge on any atom is -0.495 e. The van der Waals surface area contributed by atoms with Crippen molar-refractivity contribution in [2.45, 2.75) is 6.42 Å². The van der Waals surface area contributed by atoms with Gasteiger partial charge in [0.2, 0.25) is 5.95 Å². The van der Waals surface area contributed by atoms with Crippen LogP contribution in [-0.2, 0) is 0 Å². The number of nitrogens with zero attached hydrogens (tertiary/aromatic N) is 2. The number of hydrogen-bond donors (Lipinski definition) is 3. The second-order valence-electron chi connectivity index (χ2n) is 5.39. The summed E-state index contributed by atoms with van der Waals surface area (Å²) >= 11 is 6.16. The van der Waals surface area contributed by atoms with Crippen LogP contribution in [0.15, 0.2) is 42.5 Å². The molecule has 0 aliphatic carbocycles. The smallest absolute Gasteiger partial charge is 0.229 e. The average molecular weight is 359 g/mol. The van der Waals surface area contributed by atoms with E-state index in [0.717, 1.165) is 22.4 Å². The van der Waals surface area contributed by atoms with Gasteiger partial charge in [-0.05, 0) is 36.8 Å². The largest absolute Gasteiger partial charge is 0.495 e. The Morgan fingerprint density at radius 3 is 2.76 bits per heavy atom. The fraction of sp³-hybridized carbons (Fsp3) is 0.222. The van der Waals surface area contributed by atoms with Crippen LogP contribution in [0.1, 0.15) is 6.42 Å². The Balaban J connectivity index is 1.91. The topological polar surface area (TPSA) is 79.3 Å².